The van der Waals surface area contributed by atoms with Gasteiger partial charge in [0.2, 0.25) is 0 Å². The zero-order chi connectivity index (χ0) is 15.6. The van der Waals surface area contributed by atoms with Crippen LogP contribution >= 0.6 is 11.6 Å². The molecular weight excluding hydrogens is 288 g/mol. The number of pyridine rings is 1. The second-order valence-electron chi connectivity index (χ2n) is 5.42. The highest BCUT2D eigenvalue weighted by Crippen LogP contribution is 2.23. The summed E-state index contributed by atoms with van der Waals surface area (Å²) in [6.07, 6.45) is -0.590. The van der Waals surface area contributed by atoms with Gasteiger partial charge in [0.05, 0.1) is 6.10 Å². The summed E-state index contributed by atoms with van der Waals surface area (Å²) in [5, 5.41) is 11.6. The van der Waals surface area contributed by atoms with E-state index in [1.54, 1.807) is 17.9 Å². The van der Waals surface area contributed by atoms with Crippen LogP contribution in [0.5, 0.6) is 0 Å². The molecule has 0 saturated carbocycles. The second-order valence-corrected chi connectivity index (χ2v) is 5.78. The van der Waals surface area contributed by atoms with Gasteiger partial charge in [-0.1, -0.05) is 35.9 Å². The van der Waals surface area contributed by atoms with Crippen LogP contribution in [0.25, 0.3) is 10.8 Å². The molecule has 1 unspecified atom stereocenters. The average molecular weight is 307 g/mol. The van der Waals surface area contributed by atoms with Crippen LogP contribution in [0.3, 0.4) is 0 Å². The van der Waals surface area contributed by atoms with Crippen molar-refractivity contribution in [1.29, 1.82) is 0 Å². The minimum absolute atomic E-state index is 0.0286. The molecule has 0 radical (unpaired) electrons. The van der Waals surface area contributed by atoms with Gasteiger partial charge in [-0.25, -0.2) is 4.98 Å². The molecule has 112 valence electrons. The Labute approximate surface area is 129 Å². The fraction of sp³-hybridized carbons (Fsp3) is 0.375. The normalized spacial score (nSPS) is 12.7. The van der Waals surface area contributed by atoms with E-state index in [1.807, 2.05) is 38.1 Å². The lowest BCUT2D eigenvalue weighted by molar-refractivity contribution is 0.0573. The quantitative estimate of drug-likeness (QED) is 0.883. The van der Waals surface area contributed by atoms with Crippen LogP contribution in [-0.2, 0) is 0 Å². The Balaban J connectivity index is 2.42. The molecule has 0 aliphatic carbocycles. The van der Waals surface area contributed by atoms with E-state index >= 15 is 0 Å². The van der Waals surface area contributed by atoms with Crippen molar-refractivity contribution in [3.63, 3.8) is 0 Å². The van der Waals surface area contributed by atoms with Gasteiger partial charge in [-0.2, -0.15) is 0 Å². The molecule has 1 aromatic heterocycles. The Kier molecular flexibility index (Phi) is 4.80. The van der Waals surface area contributed by atoms with E-state index < -0.39 is 6.10 Å². The van der Waals surface area contributed by atoms with Crippen molar-refractivity contribution in [3.05, 3.63) is 41.2 Å². The first-order chi connectivity index (χ1) is 9.90. The maximum absolute atomic E-state index is 12.6. The minimum atomic E-state index is -0.590. The molecule has 1 heterocycles. The Morgan fingerprint density at radius 1 is 1.33 bits per heavy atom. The summed E-state index contributed by atoms with van der Waals surface area (Å²) in [4.78, 5) is 18.4. The van der Waals surface area contributed by atoms with Gasteiger partial charge in [0.25, 0.3) is 5.91 Å². The molecule has 1 atom stereocenters. The Bertz CT molecular complexity index is 656. The van der Waals surface area contributed by atoms with Gasteiger partial charge in [0.1, 0.15) is 10.8 Å². The molecule has 0 bridgehead atoms. The number of aliphatic hydroxyl groups excluding tert-OH is 1. The highest BCUT2D eigenvalue weighted by molar-refractivity contribution is 6.34. The number of halogens is 1. The molecule has 1 aromatic carbocycles. The van der Waals surface area contributed by atoms with E-state index in [0.717, 1.165) is 10.8 Å². The number of fused-ring (bicyclic) bond motifs is 1. The average Bonchev–Trinajstić information content (AvgIpc) is 2.43. The van der Waals surface area contributed by atoms with E-state index in [1.165, 1.54) is 0 Å². The number of hydrogen-bond donors (Lipinski definition) is 1. The van der Waals surface area contributed by atoms with Crippen LogP contribution in [0, 0.1) is 0 Å². The lowest BCUT2D eigenvalue weighted by atomic mass is 10.1. The summed E-state index contributed by atoms with van der Waals surface area (Å²) in [7, 11) is 0. The van der Waals surface area contributed by atoms with Gasteiger partial charge in [-0.15, -0.1) is 0 Å². The Morgan fingerprint density at radius 3 is 2.62 bits per heavy atom. The number of aliphatic hydroxyl groups is 1. The molecule has 2 rings (SSSR count). The van der Waals surface area contributed by atoms with E-state index in [9.17, 15) is 9.90 Å². The first kappa shape index (κ1) is 15.7. The standard InChI is InChI=1S/C16H19ClN2O2/c1-10(2)19(9-11(3)20)16(21)14-8-12-6-4-5-7-13(12)15(17)18-14/h4-8,10-11,20H,9H2,1-3H3. The highest BCUT2D eigenvalue weighted by atomic mass is 35.5. The van der Waals surface area contributed by atoms with Crippen LogP contribution in [0.15, 0.2) is 30.3 Å². The molecule has 21 heavy (non-hydrogen) atoms. The number of carbonyl (C=O) groups is 1. The molecule has 0 fully saturated rings. The van der Waals surface area contributed by atoms with Gasteiger partial charge in [0.15, 0.2) is 0 Å². The summed E-state index contributed by atoms with van der Waals surface area (Å²) in [6.45, 7) is 5.73. The number of nitrogens with zero attached hydrogens (tertiary/aromatic N) is 2. The molecular formula is C16H19ClN2O2. The van der Waals surface area contributed by atoms with E-state index in [-0.39, 0.29) is 18.5 Å². The fourth-order valence-corrected chi connectivity index (χ4v) is 2.49. The van der Waals surface area contributed by atoms with Crippen molar-refractivity contribution in [2.24, 2.45) is 0 Å². The molecule has 0 spiro atoms. The number of aromatic nitrogens is 1. The van der Waals surface area contributed by atoms with Crippen LogP contribution in [0.4, 0.5) is 0 Å². The smallest absolute Gasteiger partial charge is 0.272 e. The predicted octanol–water partition coefficient (Wildman–Crippen LogP) is 3.12. The van der Waals surface area contributed by atoms with Crippen LogP contribution < -0.4 is 0 Å². The van der Waals surface area contributed by atoms with Gasteiger partial charge in [-0.05, 0) is 32.2 Å². The minimum Gasteiger partial charge on any atom is -0.392 e. The molecule has 5 heteroatoms. The third-order valence-electron chi connectivity index (χ3n) is 3.26. The van der Waals surface area contributed by atoms with Crippen LogP contribution in [0.2, 0.25) is 5.15 Å². The molecule has 1 N–H and O–H groups in total. The van der Waals surface area contributed by atoms with Crippen molar-refractivity contribution < 1.29 is 9.90 Å². The van der Waals surface area contributed by atoms with Crippen molar-refractivity contribution in [1.82, 2.24) is 9.88 Å². The molecule has 0 aliphatic heterocycles. The van der Waals surface area contributed by atoms with Crippen LogP contribution in [-0.4, -0.2) is 39.6 Å². The van der Waals surface area contributed by atoms with Crippen molar-refractivity contribution in [2.45, 2.75) is 32.9 Å². The van der Waals surface area contributed by atoms with E-state index in [0.29, 0.717) is 10.8 Å². The molecule has 0 aliphatic rings. The van der Waals surface area contributed by atoms with Gasteiger partial charge in [0, 0.05) is 18.0 Å². The first-order valence-electron chi connectivity index (χ1n) is 6.94. The second kappa shape index (κ2) is 6.41. The monoisotopic (exact) mass is 306 g/mol. The number of benzene rings is 1. The summed E-state index contributed by atoms with van der Waals surface area (Å²) < 4.78 is 0. The Hall–Kier alpha value is -1.65. The number of rotatable bonds is 4. The molecule has 0 saturated heterocycles. The molecule has 2 aromatic rings. The maximum Gasteiger partial charge on any atom is 0.272 e. The largest absolute Gasteiger partial charge is 0.392 e. The van der Waals surface area contributed by atoms with Crippen molar-refractivity contribution in [2.75, 3.05) is 6.54 Å². The SMILES string of the molecule is CC(O)CN(C(=O)c1cc2ccccc2c(Cl)n1)C(C)C. The predicted molar refractivity (Wildman–Crippen MR) is 84.6 cm³/mol. The summed E-state index contributed by atoms with van der Waals surface area (Å²) >= 11 is 6.17. The van der Waals surface area contributed by atoms with Crippen molar-refractivity contribution >= 4 is 28.3 Å². The summed E-state index contributed by atoms with van der Waals surface area (Å²) in [5.74, 6) is -0.224. The zero-order valence-corrected chi connectivity index (χ0v) is 13.1. The van der Waals surface area contributed by atoms with E-state index in [2.05, 4.69) is 4.98 Å². The summed E-state index contributed by atoms with van der Waals surface area (Å²) in [6, 6.07) is 9.25. The fourth-order valence-electron chi connectivity index (χ4n) is 2.23. The third-order valence-corrected chi connectivity index (χ3v) is 3.55. The number of amides is 1. The van der Waals surface area contributed by atoms with Gasteiger partial charge in [-0.3, -0.25) is 4.79 Å². The van der Waals surface area contributed by atoms with Gasteiger partial charge >= 0.3 is 0 Å². The van der Waals surface area contributed by atoms with Crippen molar-refractivity contribution in [3.8, 4) is 0 Å². The zero-order valence-electron chi connectivity index (χ0n) is 12.4. The third kappa shape index (κ3) is 3.52. The molecule has 1 amide bonds. The topological polar surface area (TPSA) is 53.4 Å². The lowest BCUT2D eigenvalue weighted by Gasteiger charge is -2.27. The molecule has 4 nitrogen and oxygen atoms in total. The van der Waals surface area contributed by atoms with Crippen LogP contribution in [0.1, 0.15) is 31.3 Å². The maximum atomic E-state index is 12.6. The van der Waals surface area contributed by atoms with Gasteiger partial charge < -0.3 is 10.0 Å². The van der Waals surface area contributed by atoms with E-state index in [4.69, 9.17) is 11.6 Å². The lowest BCUT2D eigenvalue weighted by Crippen LogP contribution is -2.41. The summed E-state index contributed by atoms with van der Waals surface area (Å²) in [5.41, 5.74) is 0.299. The first-order valence-corrected chi connectivity index (χ1v) is 7.32. The number of carbonyl (C=O) groups excluding carboxylic acids is 1. The highest BCUT2D eigenvalue weighted by Gasteiger charge is 2.22. The number of hydrogen-bond acceptors (Lipinski definition) is 3. The Morgan fingerprint density at radius 2 is 2.00 bits per heavy atom.